The fourth-order valence-corrected chi connectivity index (χ4v) is 1.68. The van der Waals surface area contributed by atoms with Crippen molar-refractivity contribution in [2.24, 2.45) is 7.05 Å². The molecule has 4 nitrogen and oxygen atoms in total. The van der Waals surface area contributed by atoms with Crippen LogP contribution in [0.3, 0.4) is 0 Å². The summed E-state index contributed by atoms with van der Waals surface area (Å²) in [7, 11) is 1.69. The van der Waals surface area contributed by atoms with Gasteiger partial charge in [-0.1, -0.05) is 0 Å². The lowest BCUT2D eigenvalue weighted by Gasteiger charge is -1.95. The molecular weight excluding hydrogens is 238 g/mol. The molecule has 13 heavy (non-hydrogen) atoms. The maximum atomic E-state index is 10.7. The second kappa shape index (κ2) is 2.63. The zero-order valence-corrected chi connectivity index (χ0v) is 8.33. The lowest BCUT2D eigenvalue weighted by Crippen LogP contribution is -2.03. The largest absolute Gasteiger partial charge is 0.477 e. The average Bonchev–Trinajstić information content (AvgIpc) is 2.51. The molecular formula is C8H6BrNO3. The van der Waals surface area contributed by atoms with Crippen LogP contribution in [0.15, 0.2) is 21.2 Å². The maximum Gasteiger partial charge on any atom is 0.352 e. The van der Waals surface area contributed by atoms with Crippen LogP contribution in [-0.2, 0) is 7.05 Å². The number of carbonyl (C=O) groups is 1. The number of aryl methyl sites for hydroxylation is 1. The van der Waals surface area contributed by atoms with Crippen LogP contribution < -0.4 is 0 Å². The van der Waals surface area contributed by atoms with Crippen molar-refractivity contribution in [1.82, 2.24) is 4.57 Å². The fourth-order valence-electron chi connectivity index (χ4n) is 1.29. The van der Waals surface area contributed by atoms with Gasteiger partial charge in [0, 0.05) is 19.2 Å². The molecule has 0 saturated carbocycles. The normalized spacial score (nSPS) is 10.9. The van der Waals surface area contributed by atoms with Crippen molar-refractivity contribution in [2.45, 2.75) is 0 Å². The Hall–Kier alpha value is -1.23. The second-order valence-corrected chi connectivity index (χ2v) is 3.48. The van der Waals surface area contributed by atoms with Crippen molar-refractivity contribution < 1.29 is 14.3 Å². The van der Waals surface area contributed by atoms with Crippen LogP contribution in [0.1, 0.15) is 10.5 Å². The summed E-state index contributed by atoms with van der Waals surface area (Å²) in [5, 5.41) is 8.78. The van der Waals surface area contributed by atoms with E-state index in [1.807, 2.05) is 0 Å². The van der Waals surface area contributed by atoms with Gasteiger partial charge >= 0.3 is 5.97 Å². The molecule has 5 heteroatoms. The molecule has 0 fully saturated rings. The Morgan fingerprint density at radius 3 is 2.85 bits per heavy atom. The quantitative estimate of drug-likeness (QED) is 0.836. The predicted octanol–water partition coefficient (Wildman–Crippen LogP) is 2.23. The Morgan fingerprint density at radius 2 is 2.31 bits per heavy atom. The number of carboxylic acids is 1. The molecule has 68 valence electrons. The lowest BCUT2D eigenvalue weighted by atomic mass is 10.4. The minimum absolute atomic E-state index is 0.223. The van der Waals surface area contributed by atoms with E-state index in [0.717, 1.165) is 5.52 Å². The number of nitrogens with zero attached hydrogens (tertiary/aromatic N) is 1. The van der Waals surface area contributed by atoms with E-state index in [-0.39, 0.29) is 5.69 Å². The van der Waals surface area contributed by atoms with Crippen molar-refractivity contribution in [1.29, 1.82) is 0 Å². The Balaban J connectivity index is 2.76. The predicted molar refractivity (Wildman–Crippen MR) is 49.8 cm³/mol. The van der Waals surface area contributed by atoms with Gasteiger partial charge in [0.2, 0.25) is 0 Å². The summed E-state index contributed by atoms with van der Waals surface area (Å²) in [5.41, 5.74) is 1.57. The monoisotopic (exact) mass is 243 g/mol. The van der Waals surface area contributed by atoms with Gasteiger partial charge in [0.05, 0.1) is 5.52 Å². The number of rotatable bonds is 1. The van der Waals surface area contributed by atoms with Gasteiger partial charge in [0.1, 0.15) is 5.69 Å². The highest BCUT2D eigenvalue weighted by Crippen LogP contribution is 2.25. The third-order valence-corrected chi connectivity index (χ3v) is 2.31. The van der Waals surface area contributed by atoms with Crippen LogP contribution in [-0.4, -0.2) is 15.6 Å². The smallest absolute Gasteiger partial charge is 0.352 e. The molecule has 0 aliphatic carbocycles. The van der Waals surface area contributed by atoms with Crippen molar-refractivity contribution in [3.63, 3.8) is 0 Å². The second-order valence-electron chi connectivity index (χ2n) is 2.69. The third-order valence-electron chi connectivity index (χ3n) is 1.92. The highest BCUT2D eigenvalue weighted by molar-refractivity contribution is 9.10. The Bertz CT molecular complexity index is 483. The van der Waals surface area contributed by atoms with Crippen LogP contribution in [0.25, 0.3) is 11.1 Å². The van der Waals surface area contributed by atoms with Gasteiger partial charge < -0.3 is 14.1 Å². The molecule has 0 saturated heterocycles. The average molecular weight is 244 g/mol. The highest BCUT2D eigenvalue weighted by atomic mass is 79.9. The molecule has 0 aromatic carbocycles. The van der Waals surface area contributed by atoms with Gasteiger partial charge in [-0.3, -0.25) is 0 Å². The number of furan rings is 1. The summed E-state index contributed by atoms with van der Waals surface area (Å²) in [6.07, 6.45) is 0. The molecule has 2 rings (SSSR count). The SMILES string of the molecule is Cn1c(C(=O)O)cc2oc(Br)cc21. The number of aromatic nitrogens is 1. The molecule has 1 N–H and O–H groups in total. The molecule has 2 heterocycles. The van der Waals surface area contributed by atoms with Crippen molar-refractivity contribution in [3.05, 3.63) is 22.5 Å². The van der Waals surface area contributed by atoms with Gasteiger partial charge in [0.15, 0.2) is 10.3 Å². The molecule has 2 aromatic rings. The molecule has 2 aromatic heterocycles. The maximum absolute atomic E-state index is 10.7. The number of carboxylic acid groups (broad SMARTS) is 1. The molecule has 0 radical (unpaired) electrons. The Morgan fingerprint density at radius 1 is 1.62 bits per heavy atom. The first-order valence-corrected chi connectivity index (χ1v) is 4.37. The molecule has 0 bridgehead atoms. The Labute approximate surface area is 81.9 Å². The van der Waals surface area contributed by atoms with Crippen LogP contribution in [0, 0.1) is 0 Å². The molecule has 0 atom stereocenters. The van der Waals surface area contributed by atoms with Gasteiger partial charge in [-0.25, -0.2) is 4.79 Å². The van der Waals surface area contributed by atoms with Gasteiger partial charge in [-0.05, 0) is 15.9 Å². The summed E-state index contributed by atoms with van der Waals surface area (Å²) < 4.78 is 7.39. The van der Waals surface area contributed by atoms with Gasteiger partial charge in [-0.2, -0.15) is 0 Å². The van der Waals surface area contributed by atoms with E-state index in [1.54, 1.807) is 17.7 Å². The molecule has 0 unspecified atom stereocenters. The standard InChI is InChI=1S/C8H6BrNO3/c1-10-4-3-7(9)13-6(4)2-5(10)8(11)12/h2-3H,1H3,(H,11,12). The van der Waals surface area contributed by atoms with E-state index in [2.05, 4.69) is 15.9 Å². The number of hydrogen-bond donors (Lipinski definition) is 1. The fraction of sp³-hybridized carbons (Fsp3) is 0.125. The first-order chi connectivity index (χ1) is 6.09. The summed E-state index contributed by atoms with van der Waals surface area (Å²) in [6, 6.07) is 3.24. The molecule has 0 amide bonds. The minimum Gasteiger partial charge on any atom is -0.477 e. The van der Waals surface area contributed by atoms with E-state index in [9.17, 15) is 4.79 Å². The first kappa shape index (κ1) is 8.37. The summed E-state index contributed by atoms with van der Waals surface area (Å²) >= 11 is 3.17. The van der Waals surface area contributed by atoms with Crippen molar-refractivity contribution in [3.8, 4) is 0 Å². The minimum atomic E-state index is -0.954. The zero-order valence-electron chi connectivity index (χ0n) is 6.74. The first-order valence-electron chi connectivity index (χ1n) is 3.57. The third kappa shape index (κ3) is 1.16. The van der Waals surface area contributed by atoms with Gasteiger partial charge in [-0.15, -0.1) is 0 Å². The van der Waals surface area contributed by atoms with Crippen LogP contribution in [0.4, 0.5) is 0 Å². The van der Waals surface area contributed by atoms with E-state index >= 15 is 0 Å². The zero-order chi connectivity index (χ0) is 9.59. The van der Waals surface area contributed by atoms with Crippen LogP contribution in [0.5, 0.6) is 0 Å². The van der Waals surface area contributed by atoms with Gasteiger partial charge in [0.25, 0.3) is 0 Å². The van der Waals surface area contributed by atoms with E-state index in [0.29, 0.717) is 10.3 Å². The number of hydrogen-bond acceptors (Lipinski definition) is 2. The summed E-state index contributed by atoms with van der Waals surface area (Å²) in [5.74, 6) is -0.954. The topological polar surface area (TPSA) is 55.4 Å². The van der Waals surface area contributed by atoms with Crippen molar-refractivity contribution in [2.75, 3.05) is 0 Å². The van der Waals surface area contributed by atoms with E-state index < -0.39 is 5.97 Å². The van der Waals surface area contributed by atoms with E-state index in [1.165, 1.54) is 6.07 Å². The lowest BCUT2D eigenvalue weighted by molar-refractivity contribution is 0.0687. The van der Waals surface area contributed by atoms with Crippen LogP contribution >= 0.6 is 15.9 Å². The van der Waals surface area contributed by atoms with Crippen molar-refractivity contribution >= 4 is 33.0 Å². The molecule has 0 aliphatic rings. The van der Waals surface area contributed by atoms with Crippen LogP contribution in [0.2, 0.25) is 0 Å². The number of aromatic carboxylic acids is 1. The highest BCUT2D eigenvalue weighted by Gasteiger charge is 2.14. The Kier molecular flexibility index (Phi) is 1.69. The summed E-state index contributed by atoms with van der Waals surface area (Å²) in [6.45, 7) is 0. The van der Waals surface area contributed by atoms with E-state index in [4.69, 9.17) is 9.52 Å². The molecule has 0 spiro atoms. The number of halogens is 1. The molecule has 0 aliphatic heterocycles. The number of fused-ring (bicyclic) bond motifs is 1. The summed E-state index contributed by atoms with van der Waals surface area (Å²) in [4.78, 5) is 10.7.